The summed E-state index contributed by atoms with van der Waals surface area (Å²) < 4.78 is 0. The Morgan fingerprint density at radius 1 is 1.10 bits per heavy atom. The third kappa shape index (κ3) is 1.73. The zero-order valence-electron chi connectivity index (χ0n) is 4.39. The Morgan fingerprint density at radius 2 is 1.60 bits per heavy atom. The molecule has 0 aromatic carbocycles. The van der Waals surface area contributed by atoms with Crippen LogP contribution in [0.4, 0.5) is 0 Å². The average molecular weight is 318 g/mol. The first-order valence-electron chi connectivity index (χ1n) is 2.19. The molecule has 0 spiro atoms. The highest BCUT2D eigenvalue weighted by molar-refractivity contribution is 8.27. The van der Waals surface area contributed by atoms with Gasteiger partial charge in [-0.2, -0.15) is 33.2 Å². The van der Waals surface area contributed by atoms with E-state index in [1.165, 1.54) is 0 Å². The fraction of sp³-hybridized carbons (Fsp3) is 0. The van der Waals surface area contributed by atoms with Gasteiger partial charge in [-0.25, -0.2) is 0 Å². The maximum Gasteiger partial charge on any atom is 0.270 e. The zero-order chi connectivity index (χ0) is 7.99. The smallest absolute Gasteiger partial charge is 0.174 e. The van der Waals surface area contributed by atoms with Crippen LogP contribution in [0.15, 0.2) is 0 Å². The van der Waals surface area contributed by atoms with Gasteiger partial charge in [0.15, 0.2) is 7.14 Å². The fourth-order valence-corrected chi connectivity index (χ4v) is 104. The molecule has 0 aromatic heterocycles. The van der Waals surface area contributed by atoms with E-state index in [0.29, 0.717) is 17.1 Å². The number of hydrogen-bond donors (Lipinski definition) is 0. The molecule has 0 N–H and O–H groups in total. The molecule has 1 saturated heterocycles. The molecule has 0 atom stereocenters. The van der Waals surface area contributed by atoms with E-state index in [1.54, 1.807) is 0 Å². The van der Waals surface area contributed by atoms with Crippen LogP contribution in [0, 0.1) is 0 Å². The lowest BCUT2D eigenvalue weighted by Crippen LogP contribution is -2.52. The number of rotatable bonds is 0. The third-order valence-electron chi connectivity index (χ3n) is 0.999. The summed E-state index contributed by atoms with van der Waals surface area (Å²) >= 11 is 30.1. The van der Waals surface area contributed by atoms with Crippen LogP contribution in [0.1, 0.15) is 0 Å². The molecule has 10 heteroatoms. The molecule has 0 nitrogen and oxygen atoms in total. The summed E-state index contributed by atoms with van der Waals surface area (Å²) in [5.41, 5.74) is -4.63. The summed E-state index contributed by atoms with van der Waals surface area (Å²) in [6, 6.07) is 0. The molecule has 0 bridgehead atoms. The summed E-state index contributed by atoms with van der Waals surface area (Å²) in [6.07, 6.45) is 0. The van der Waals surface area contributed by atoms with Crippen LogP contribution in [0.5, 0.6) is 0 Å². The molecule has 0 unspecified atom stereocenters. The van der Waals surface area contributed by atoms with Gasteiger partial charge in [-0.15, -0.1) is 22.2 Å². The first-order chi connectivity index (χ1) is 4.38. The first kappa shape index (κ1) is 10.6. The van der Waals surface area contributed by atoms with E-state index in [4.69, 9.17) is 55.4 Å². The Hall–Kier alpha value is 2.53. The van der Waals surface area contributed by atoms with Gasteiger partial charge in [0.25, 0.3) is 11.5 Å². The summed E-state index contributed by atoms with van der Waals surface area (Å²) in [4.78, 5) is 0. The topological polar surface area (TPSA) is 0 Å². The van der Waals surface area contributed by atoms with Gasteiger partial charge >= 0.3 is 0 Å². The van der Waals surface area contributed by atoms with E-state index in [0.717, 1.165) is 0 Å². The predicted octanol–water partition coefficient (Wildman–Crippen LogP) is 1.54. The van der Waals surface area contributed by atoms with Crippen molar-refractivity contribution in [3.05, 3.63) is 0 Å². The van der Waals surface area contributed by atoms with E-state index in [1.807, 2.05) is 0 Å². The molecule has 0 aromatic rings. The van der Waals surface area contributed by atoms with Crippen molar-refractivity contribution >= 4 is 91.1 Å². The second-order valence-corrected chi connectivity index (χ2v) is 46.2. The van der Waals surface area contributed by atoms with Crippen molar-refractivity contribution in [2.75, 3.05) is 0 Å². The fourth-order valence-electron chi connectivity index (χ4n) is 0.428. The SMILES string of the molecule is Cl[Si]1[Si][Si][Si](Cl)(Cl)[Si]1(Cl)Cl. The van der Waals surface area contributed by atoms with Gasteiger partial charge in [-0.05, 0) is 0 Å². The van der Waals surface area contributed by atoms with Crippen LogP contribution in [0.2, 0.25) is 0 Å². The molecular formula is Cl5Si5. The minimum Gasteiger partial charge on any atom is -0.174 e. The van der Waals surface area contributed by atoms with Crippen molar-refractivity contribution in [1.29, 1.82) is 0 Å². The maximum atomic E-state index is 6.04. The Kier molecular flexibility index (Phi) is 3.56. The molecule has 55 valence electrons. The molecule has 1 heterocycles. The third-order valence-corrected chi connectivity index (χ3v) is 80.9. The van der Waals surface area contributed by atoms with Gasteiger partial charge in [-0.3, -0.25) is 0 Å². The van der Waals surface area contributed by atoms with Gasteiger partial charge in [0, 0.05) is 8.55 Å². The van der Waals surface area contributed by atoms with Gasteiger partial charge < -0.3 is 0 Å². The van der Waals surface area contributed by atoms with Crippen LogP contribution in [-0.2, 0) is 0 Å². The van der Waals surface area contributed by atoms with E-state index < -0.39 is 18.6 Å². The monoisotopic (exact) mass is 315 g/mol. The molecule has 0 aliphatic carbocycles. The minimum absolute atomic E-state index is 0.576. The lowest BCUT2D eigenvalue weighted by atomic mass is 26.3. The van der Waals surface area contributed by atoms with E-state index in [2.05, 4.69) is 0 Å². The van der Waals surface area contributed by atoms with Gasteiger partial charge in [0.05, 0.1) is 8.55 Å². The summed E-state index contributed by atoms with van der Waals surface area (Å²) in [6.45, 7) is 0. The van der Waals surface area contributed by atoms with Crippen molar-refractivity contribution in [1.82, 2.24) is 0 Å². The van der Waals surface area contributed by atoms with Crippen LogP contribution in [0.25, 0.3) is 0 Å². The van der Waals surface area contributed by atoms with Crippen LogP contribution < -0.4 is 0 Å². The average Bonchev–Trinajstić information content (AvgIpc) is 1.94. The van der Waals surface area contributed by atoms with Crippen LogP contribution in [0.3, 0.4) is 0 Å². The molecule has 1 aliphatic rings. The minimum atomic E-state index is -2.36. The van der Waals surface area contributed by atoms with Gasteiger partial charge in [-0.1, -0.05) is 0 Å². The highest BCUT2D eigenvalue weighted by atomic mass is 35.8. The number of hydrogen-bond acceptors (Lipinski definition) is 0. The normalized spacial score (nSPS) is 30.9. The van der Waals surface area contributed by atoms with Crippen molar-refractivity contribution in [2.45, 2.75) is 0 Å². The standard InChI is InChI=1S/Cl5Si5/c1-8-6-7-9(2,3)10(8,4)5. The van der Waals surface area contributed by atoms with E-state index >= 15 is 0 Å². The molecule has 10 heavy (non-hydrogen) atoms. The van der Waals surface area contributed by atoms with Gasteiger partial charge in [0.1, 0.15) is 0 Å². The van der Waals surface area contributed by atoms with Gasteiger partial charge in [0.2, 0.25) is 0 Å². The maximum absolute atomic E-state index is 6.04. The second kappa shape index (κ2) is 3.35. The summed E-state index contributed by atoms with van der Waals surface area (Å²) in [5, 5.41) is 0. The Bertz CT molecular complexity index is 141. The van der Waals surface area contributed by atoms with Crippen molar-refractivity contribution < 1.29 is 0 Å². The largest absolute Gasteiger partial charge is 0.270 e. The van der Waals surface area contributed by atoms with E-state index in [-0.39, 0.29) is 0 Å². The van der Waals surface area contributed by atoms with E-state index in [9.17, 15) is 0 Å². The summed E-state index contributed by atoms with van der Waals surface area (Å²) in [5.74, 6) is 0. The van der Waals surface area contributed by atoms with Crippen molar-refractivity contribution in [3.8, 4) is 0 Å². The predicted molar refractivity (Wildman–Crippen MR) is 58.0 cm³/mol. The molecule has 5 radical (unpaired) electrons. The van der Waals surface area contributed by atoms with Crippen molar-refractivity contribution in [2.24, 2.45) is 0 Å². The highest BCUT2D eigenvalue weighted by Gasteiger charge is 2.63. The summed E-state index contributed by atoms with van der Waals surface area (Å²) in [7, 11) is 0.192. The van der Waals surface area contributed by atoms with Crippen LogP contribution >= 0.6 is 55.4 Å². The molecule has 1 aliphatic heterocycles. The molecule has 1 rings (SSSR count). The van der Waals surface area contributed by atoms with Crippen LogP contribution in [-0.4, -0.2) is 35.7 Å². The first-order valence-corrected chi connectivity index (χ1v) is 19.8. The lowest BCUT2D eigenvalue weighted by molar-refractivity contribution is 3.44. The lowest BCUT2D eigenvalue weighted by Gasteiger charge is -2.20. The van der Waals surface area contributed by atoms with Crippen molar-refractivity contribution in [3.63, 3.8) is 0 Å². The second-order valence-electron chi connectivity index (χ2n) is 1.71. The zero-order valence-corrected chi connectivity index (χ0v) is 13.2. The quantitative estimate of drug-likeness (QED) is 0.470. The highest BCUT2D eigenvalue weighted by Crippen LogP contribution is 2.39. The Labute approximate surface area is 90.2 Å². The molecule has 1 fully saturated rings. The number of halogens is 5. The Morgan fingerprint density at radius 3 is 1.70 bits per heavy atom. The Balaban J connectivity index is 2.84. The molecular weight excluding hydrogens is 318 g/mol. The molecule has 0 amide bonds. The molecule has 0 saturated carbocycles.